The highest BCUT2D eigenvalue weighted by Crippen LogP contribution is 2.31. The second-order valence-corrected chi connectivity index (χ2v) is 6.68. The summed E-state index contributed by atoms with van der Waals surface area (Å²) >= 11 is 12.4. The molecule has 21 heavy (non-hydrogen) atoms. The zero-order chi connectivity index (χ0) is 14.8. The highest BCUT2D eigenvalue weighted by atomic mass is 35.5. The SMILES string of the molecule is O=C1C(Cc2c(Cl)cccc2Cl)CCN1N1CCCCC1. The predicted molar refractivity (Wildman–Crippen MR) is 85.4 cm³/mol. The van der Waals surface area contributed by atoms with Gasteiger partial charge in [0.15, 0.2) is 0 Å². The molecular formula is C16H20Cl2N2O. The van der Waals surface area contributed by atoms with Crippen LogP contribution in [0.2, 0.25) is 10.0 Å². The Morgan fingerprint density at radius 1 is 1.05 bits per heavy atom. The minimum absolute atomic E-state index is 0.00401. The number of hydrazine groups is 1. The summed E-state index contributed by atoms with van der Waals surface area (Å²) in [6.45, 7) is 2.84. The Morgan fingerprint density at radius 3 is 2.38 bits per heavy atom. The number of amides is 1. The first-order valence-corrected chi connectivity index (χ1v) is 8.41. The van der Waals surface area contributed by atoms with E-state index in [0.717, 1.165) is 31.6 Å². The van der Waals surface area contributed by atoms with Crippen LogP contribution in [0.3, 0.4) is 0 Å². The maximum Gasteiger partial charge on any atom is 0.240 e. The first kappa shape index (κ1) is 15.1. The summed E-state index contributed by atoms with van der Waals surface area (Å²) < 4.78 is 0. The van der Waals surface area contributed by atoms with Crippen LogP contribution < -0.4 is 0 Å². The molecule has 2 fully saturated rings. The number of rotatable bonds is 3. The number of halogens is 2. The van der Waals surface area contributed by atoms with Crippen LogP contribution in [0.4, 0.5) is 0 Å². The van der Waals surface area contributed by atoms with Crippen LogP contribution in [0.5, 0.6) is 0 Å². The molecule has 2 aliphatic rings. The van der Waals surface area contributed by atoms with Crippen molar-refractivity contribution in [2.45, 2.75) is 32.1 Å². The van der Waals surface area contributed by atoms with Crippen molar-refractivity contribution in [3.63, 3.8) is 0 Å². The molecule has 2 saturated heterocycles. The molecule has 1 unspecified atom stereocenters. The third-order valence-electron chi connectivity index (χ3n) is 4.48. The molecule has 0 saturated carbocycles. The summed E-state index contributed by atoms with van der Waals surface area (Å²) in [5.74, 6) is 0.234. The van der Waals surface area contributed by atoms with Crippen LogP contribution in [0.15, 0.2) is 18.2 Å². The van der Waals surface area contributed by atoms with Crippen molar-refractivity contribution in [1.29, 1.82) is 0 Å². The van der Waals surface area contributed by atoms with E-state index in [4.69, 9.17) is 23.2 Å². The van der Waals surface area contributed by atoms with Gasteiger partial charge in [-0.1, -0.05) is 35.7 Å². The first-order valence-electron chi connectivity index (χ1n) is 7.66. The van der Waals surface area contributed by atoms with Gasteiger partial charge in [-0.05, 0) is 43.4 Å². The van der Waals surface area contributed by atoms with E-state index in [9.17, 15) is 4.79 Å². The summed E-state index contributed by atoms with van der Waals surface area (Å²) in [4.78, 5) is 12.6. The summed E-state index contributed by atoms with van der Waals surface area (Å²) in [5, 5.41) is 5.49. The fourth-order valence-electron chi connectivity index (χ4n) is 3.29. The Hall–Kier alpha value is -0.770. The van der Waals surface area contributed by atoms with E-state index in [1.807, 2.05) is 23.2 Å². The van der Waals surface area contributed by atoms with Gasteiger partial charge in [0.25, 0.3) is 0 Å². The molecule has 2 aliphatic heterocycles. The van der Waals surface area contributed by atoms with Gasteiger partial charge in [0.05, 0.1) is 0 Å². The molecule has 114 valence electrons. The topological polar surface area (TPSA) is 23.6 Å². The predicted octanol–water partition coefficient (Wildman–Crippen LogP) is 3.79. The average Bonchev–Trinajstić information content (AvgIpc) is 2.85. The van der Waals surface area contributed by atoms with E-state index in [1.54, 1.807) is 0 Å². The Morgan fingerprint density at radius 2 is 1.71 bits per heavy atom. The standard InChI is InChI=1S/C16H20Cl2N2O/c17-14-5-4-6-15(18)13(14)11-12-7-10-20(16(12)21)19-8-2-1-3-9-19/h4-6,12H,1-3,7-11H2. The molecule has 5 heteroatoms. The molecule has 0 aromatic heterocycles. The van der Waals surface area contributed by atoms with E-state index >= 15 is 0 Å². The van der Waals surface area contributed by atoms with E-state index in [1.165, 1.54) is 19.3 Å². The third-order valence-corrected chi connectivity index (χ3v) is 5.19. The van der Waals surface area contributed by atoms with E-state index < -0.39 is 0 Å². The second kappa shape index (κ2) is 6.55. The molecule has 0 spiro atoms. The van der Waals surface area contributed by atoms with Gasteiger partial charge in [-0.3, -0.25) is 9.80 Å². The van der Waals surface area contributed by atoms with Gasteiger partial charge in [0.1, 0.15) is 0 Å². The maximum absolute atomic E-state index is 12.6. The molecule has 3 rings (SSSR count). The molecular weight excluding hydrogens is 307 g/mol. The van der Waals surface area contributed by atoms with Gasteiger partial charge < -0.3 is 0 Å². The van der Waals surface area contributed by atoms with Crippen LogP contribution >= 0.6 is 23.2 Å². The van der Waals surface area contributed by atoms with E-state index in [2.05, 4.69) is 5.01 Å². The van der Waals surface area contributed by atoms with Crippen LogP contribution in [0, 0.1) is 5.92 Å². The van der Waals surface area contributed by atoms with Gasteiger partial charge in [-0.25, -0.2) is 5.01 Å². The summed E-state index contributed by atoms with van der Waals surface area (Å²) in [6.07, 6.45) is 5.17. The van der Waals surface area contributed by atoms with Crippen LogP contribution in [-0.2, 0) is 11.2 Å². The van der Waals surface area contributed by atoms with Crippen LogP contribution in [0.25, 0.3) is 0 Å². The number of hydrogen-bond acceptors (Lipinski definition) is 2. The molecule has 0 radical (unpaired) electrons. The first-order chi connectivity index (χ1) is 10.2. The Labute approximate surface area is 135 Å². The summed E-state index contributed by atoms with van der Waals surface area (Å²) in [6, 6.07) is 5.51. The minimum atomic E-state index is 0.00401. The van der Waals surface area contributed by atoms with Crippen molar-refractivity contribution >= 4 is 29.1 Å². The summed E-state index contributed by atoms with van der Waals surface area (Å²) in [7, 11) is 0. The lowest BCUT2D eigenvalue weighted by molar-refractivity contribution is -0.147. The minimum Gasteiger partial charge on any atom is -0.275 e. The average molecular weight is 327 g/mol. The molecule has 0 N–H and O–H groups in total. The fraction of sp³-hybridized carbons (Fsp3) is 0.562. The molecule has 0 bridgehead atoms. The second-order valence-electron chi connectivity index (χ2n) is 5.87. The highest BCUT2D eigenvalue weighted by molar-refractivity contribution is 6.36. The third kappa shape index (κ3) is 3.20. The Balaban J connectivity index is 1.69. The highest BCUT2D eigenvalue weighted by Gasteiger charge is 2.36. The van der Waals surface area contributed by atoms with Crippen molar-refractivity contribution in [2.75, 3.05) is 19.6 Å². The zero-order valence-corrected chi connectivity index (χ0v) is 13.5. The number of piperidine rings is 1. The fourth-order valence-corrected chi connectivity index (χ4v) is 3.84. The van der Waals surface area contributed by atoms with Gasteiger partial charge >= 0.3 is 0 Å². The molecule has 1 atom stereocenters. The van der Waals surface area contributed by atoms with E-state index in [-0.39, 0.29) is 11.8 Å². The van der Waals surface area contributed by atoms with Crippen molar-refractivity contribution in [1.82, 2.24) is 10.0 Å². The van der Waals surface area contributed by atoms with Crippen LogP contribution in [0.1, 0.15) is 31.2 Å². The zero-order valence-electron chi connectivity index (χ0n) is 12.0. The number of hydrogen-bond donors (Lipinski definition) is 0. The molecule has 1 amide bonds. The molecule has 1 aromatic rings. The molecule has 1 aromatic carbocycles. The van der Waals surface area contributed by atoms with Gasteiger partial charge in [0, 0.05) is 35.6 Å². The van der Waals surface area contributed by atoms with Gasteiger partial charge in [-0.15, -0.1) is 0 Å². The molecule has 0 aliphatic carbocycles. The molecule has 3 nitrogen and oxygen atoms in total. The Bertz CT molecular complexity index is 509. The normalized spacial score (nSPS) is 23.8. The quantitative estimate of drug-likeness (QED) is 0.843. The van der Waals surface area contributed by atoms with Crippen LogP contribution in [-0.4, -0.2) is 35.6 Å². The Kier molecular flexibility index (Phi) is 4.72. The molecule has 2 heterocycles. The number of carbonyl (C=O) groups excluding carboxylic acids is 1. The maximum atomic E-state index is 12.6. The lowest BCUT2D eigenvalue weighted by Gasteiger charge is -2.34. The monoisotopic (exact) mass is 326 g/mol. The van der Waals surface area contributed by atoms with Gasteiger partial charge in [-0.2, -0.15) is 0 Å². The van der Waals surface area contributed by atoms with E-state index in [0.29, 0.717) is 16.5 Å². The summed E-state index contributed by atoms with van der Waals surface area (Å²) in [5.41, 5.74) is 0.902. The number of benzene rings is 1. The van der Waals surface area contributed by atoms with Crippen molar-refractivity contribution in [3.05, 3.63) is 33.8 Å². The largest absolute Gasteiger partial charge is 0.275 e. The number of carbonyl (C=O) groups is 1. The smallest absolute Gasteiger partial charge is 0.240 e. The lowest BCUT2D eigenvalue weighted by Crippen LogP contribution is -2.47. The van der Waals surface area contributed by atoms with Gasteiger partial charge in [0.2, 0.25) is 5.91 Å². The lowest BCUT2D eigenvalue weighted by atomic mass is 9.98. The van der Waals surface area contributed by atoms with Crippen molar-refractivity contribution in [3.8, 4) is 0 Å². The van der Waals surface area contributed by atoms with Crippen molar-refractivity contribution < 1.29 is 4.79 Å². The van der Waals surface area contributed by atoms with Crippen molar-refractivity contribution in [2.24, 2.45) is 5.92 Å². The number of nitrogens with zero attached hydrogens (tertiary/aromatic N) is 2.